The zero-order valence-electron chi connectivity index (χ0n) is 18.1. The highest BCUT2D eigenvalue weighted by Crippen LogP contribution is 2.28. The SMILES string of the molecule is CC(C)(C)c1ccc(-c2csc(NC(=O)c3ccc(CN4CCCC4=O)cc3)n2)cc1. The first-order valence-corrected chi connectivity index (χ1v) is 11.4. The summed E-state index contributed by atoms with van der Waals surface area (Å²) < 4.78 is 0. The van der Waals surface area contributed by atoms with Gasteiger partial charge < -0.3 is 4.90 Å². The Labute approximate surface area is 187 Å². The molecule has 0 bridgehead atoms. The number of anilines is 1. The number of benzene rings is 2. The van der Waals surface area contributed by atoms with Crippen molar-refractivity contribution in [3.8, 4) is 11.3 Å². The Bertz CT molecular complexity index is 1080. The molecule has 31 heavy (non-hydrogen) atoms. The summed E-state index contributed by atoms with van der Waals surface area (Å²) in [7, 11) is 0. The average molecular weight is 434 g/mol. The van der Waals surface area contributed by atoms with Crippen LogP contribution in [0.25, 0.3) is 11.3 Å². The molecule has 0 aliphatic carbocycles. The van der Waals surface area contributed by atoms with Gasteiger partial charge in [0.05, 0.1) is 5.69 Å². The van der Waals surface area contributed by atoms with E-state index in [2.05, 4.69) is 55.3 Å². The maximum atomic E-state index is 12.6. The predicted molar refractivity (Wildman–Crippen MR) is 125 cm³/mol. The Kier molecular flexibility index (Phi) is 5.92. The van der Waals surface area contributed by atoms with Crippen molar-refractivity contribution in [2.45, 2.75) is 45.6 Å². The summed E-state index contributed by atoms with van der Waals surface area (Å²) in [5, 5.41) is 5.42. The van der Waals surface area contributed by atoms with Crippen molar-refractivity contribution >= 4 is 28.3 Å². The average Bonchev–Trinajstić information content (AvgIpc) is 3.37. The molecule has 4 rings (SSSR count). The molecule has 0 atom stereocenters. The predicted octanol–water partition coefficient (Wildman–Crippen LogP) is 5.48. The minimum Gasteiger partial charge on any atom is -0.338 e. The summed E-state index contributed by atoms with van der Waals surface area (Å²) in [6.07, 6.45) is 1.56. The second-order valence-electron chi connectivity index (χ2n) is 8.94. The van der Waals surface area contributed by atoms with E-state index in [9.17, 15) is 9.59 Å². The molecule has 0 saturated carbocycles. The minimum absolute atomic E-state index is 0.110. The lowest BCUT2D eigenvalue weighted by Gasteiger charge is -2.18. The molecule has 160 valence electrons. The highest BCUT2D eigenvalue weighted by atomic mass is 32.1. The summed E-state index contributed by atoms with van der Waals surface area (Å²) in [6, 6.07) is 15.8. The third-order valence-corrected chi connectivity index (χ3v) is 6.29. The van der Waals surface area contributed by atoms with E-state index in [0.29, 0.717) is 23.7 Å². The van der Waals surface area contributed by atoms with Gasteiger partial charge in [-0.2, -0.15) is 0 Å². The number of rotatable bonds is 5. The topological polar surface area (TPSA) is 62.3 Å². The molecule has 1 aliphatic rings. The maximum Gasteiger partial charge on any atom is 0.257 e. The number of nitrogens with zero attached hydrogens (tertiary/aromatic N) is 2. The highest BCUT2D eigenvalue weighted by Gasteiger charge is 2.20. The summed E-state index contributed by atoms with van der Waals surface area (Å²) in [5.41, 5.74) is 4.87. The van der Waals surface area contributed by atoms with E-state index in [4.69, 9.17) is 0 Å². The number of hydrogen-bond acceptors (Lipinski definition) is 4. The molecule has 6 heteroatoms. The van der Waals surface area contributed by atoms with Gasteiger partial charge in [0.25, 0.3) is 5.91 Å². The van der Waals surface area contributed by atoms with Gasteiger partial charge in [0.2, 0.25) is 5.91 Å². The molecule has 2 amide bonds. The second kappa shape index (κ2) is 8.63. The normalized spacial score (nSPS) is 14.2. The van der Waals surface area contributed by atoms with Crippen LogP contribution in [0.3, 0.4) is 0 Å². The van der Waals surface area contributed by atoms with Gasteiger partial charge in [0.1, 0.15) is 0 Å². The molecule has 0 spiro atoms. The van der Waals surface area contributed by atoms with E-state index in [-0.39, 0.29) is 17.2 Å². The minimum atomic E-state index is -0.187. The Hall–Kier alpha value is -2.99. The molecule has 2 aromatic carbocycles. The van der Waals surface area contributed by atoms with Gasteiger partial charge >= 0.3 is 0 Å². The van der Waals surface area contributed by atoms with Crippen LogP contribution in [-0.2, 0) is 16.8 Å². The molecule has 0 radical (unpaired) electrons. The number of hydrogen-bond donors (Lipinski definition) is 1. The second-order valence-corrected chi connectivity index (χ2v) is 9.79. The largest absolute Gasteiger partial charge is 0.338 e. The smallest absolute Gasteiger partial charge is 0.257 e. The standard InChI is InChI=1S/C25H27N3O2S/c1-25(2,3)20-12-10-18(11-13-20)21-16-31-24(26-21)27-23(30)19-8-6-17(7-9-19)15-28-14-4-5-22(28)29/h6-13,16H,4-5,14-15H2,1-3H3,(H,26,27,30). The molecule has 0 unspecified atom stereocenters. The fraction of sp³-hybridized carbons (Fsp3) is 0.320. The van der Waals surface area contributed by atoms with E-state index in [1.54, 1.807) is 12.1 Å². The lowest BCUT2D eigenvalue weighted by Crippen LogP contribution is -2.23. The molecular weight excluding hydrogens is 406 g/mol. The first-order chi connectivity index (χ1) is 14.8. The highest BCUT2D eigenvalue weighted by molar-refractivity contribution is 7.14. The summed E-state index contributed by atoms with van der Waals surface area (Å²) in [5.74, 6) is 0.0159. The van der Waals surface area contributed by atoms with Gasteiger partial charge in [-0.3, -0.25) is 14.9 Å². The molecule has 2 heterocycles. The molecular formula is C25H27N3O2S. The van der Waals surface area contributed by atoms with Crippen LogP contribution in [0.1, 0.15) is 55.1 Å². The summed E-state index contributed by atoms with van der Waals surface area (Å²) >= 11 is 1.41. The lowest BCUT2D eigenvalue weighted by atomic mass is 9.86. The number of carbonyl (C=O) groups excluding carboxylic acids is 2. The van der Waals surface area contributed by atoms with E-state index in [0.717, 1.165) is 29.8 Å². The van der Waals surface area contributed by atoms with E-state index >= 15 is 0 Å². The first kappa shape index (κ1) is 21.2. The Morgan fingerprint density at radius 3 is 2.42 bits per heavy atom. The van der Waals surface area contributed by atoms with Crippen molar-refractivity contribution in [3.05, 3.63) is 70.6 Å². The van der Waals surface area contributed by atoms with Gasteiger partial charge in [-0.1, -0.05) is 57.2 Å². The number of aromatic nitrogens is 1. The van der Waals surface area contributed by atoms with Crippen LogP contribution in [0, 0.1) is 0 Å². The summed E-state index contributed by atoms with van der Waals surface area (Å²) in [6.45, 7) is 7.99. The van der Waals surface area contributed by atoms with Crippen LogP contribution in [0.15, 0.2) is 53.9 Å². The van der Waals surface area contributed by atoms with Crippen LogP contribution in [0.5, 0.6) is 0 Å². The third kappa shape index (κ3) is 5.02. The zero-order chi connectivity index (χ0) is 22.0. The number of likely N-dealkylation sites (tertiary alicyclic amines) is 1. The number of thiazole rings is 1. The Morgan fingerprint density at radius 2 is 1.81 bits per heavy atom. The number of nitrogens with one attached hydrogen (secondary N) is 1. The lowest BCUT2D eigenvalue weighted by molar-refractivity contribution is -0.128. The van der Waals surface area contributed by atoms with Crippen molar-refractivity contribution in [1.82, 2.24) is 9.88 Å². The molecule has 1 fully saturated rings. The molecule has 1 aromatic heterocycles. The van der Waals surface area contributed by atoms with E-state index in [1.807, 2.05) is 22.4 Å². The Balaban J connectivity index is 1.39. The summed E-state index contributed by atoms with van der Waals surface area (Å²) in [4.78, 5) is 30.8. The monoisotopic (exact) mass is 433 g/mol. The molecule has 1 saturated heterocycles. The van der Waals surface area contributed by atoms with Gasteiger partial charge in [-0.05, 0) is 35.1 Å². The van der Waals surface area contributed by atoms with Crippen LogP contribution in [-0.4, -0.2) is 28.2 Å². The van der Waals surface area contributed by atoms with Crippen LogP contribution >= 0.6 is 11.3 Å². The van der Waals surface area contributed by atoms with Crippen molar-refractivity contribution < 1.29 is 9.59 Å². The van der Waals surface area contributed by atoms with Gasteiger partial charge in [-0.15, -0.1) is 11.3 Å². The van der Waals surface area contributed by atoms with Crippen molar-refractivity contribution in [2.75, 3.05) is 11.9 Å². The van der Waals surface area contributed by atoms with Gasteiger partial charge in [-0.25, -0.2) is 4.98 Å². The van der Waals surface area contributed by atoms with E-state index in [1.165, 1.54) is 16.9 Å². The Morgan fingerprint density at radius 1 is 1.10 bits per heavy atom. The molecule has 1 N–H and O–H groups in total. The van der Waals surface area contributed by atoms with Crippen molar-refractivity contribution in [2.24, 2.45) is 0 Å². The molecule has 5 nitrogen and oxygen atoms in total. The van der Waals surface area contributed by atoms with Crippen LogP contribution in [0.4, 0.5) is 5.13 Å². The van der Waals surface area contributed by atoms with Gasteiger partial charge in [0, 0.05) is 36.0 Å². The fourth-order valence-corrected chi connectivity index (χ4v) is 4.34. The fourth-order valence-electron chi connectivity index (χ4n) is 3.63. The first-order valence-electron chi connectivity index (χ1n) is 10.5. The maximum absolute atomic E-state index is 12.6. The quantitative estimate of drug-likeness (QED) is 0.579. The van der Waals surface area contributed by atoms with Gasteiger partial charge in [0.15, 0.2) is 5.13 Å². The van der Waals surface area contributed by atoms with Crippen LogP contribution in [0.2, 0.25) is 0 Å². The number of amides is 2. The third-order valence-electron chi connectivity index (χ3n) is 5.53. The zero-order valence-corrected chi connectivity index (χ0v) is 19.0. The van der Waals surface area contributed by atoms with E-state index < -0.39 is 0 Å². The molecule has 1 aliphatic heterocycles. The number of carbonyl (C=O) groups is 2. The van der Waals surface area contributed by atoms with Crippen LogP contribution < -0.4 is 5.32 Å². The van der Waals surface area contributed by atoms with Crippen molar-refractivity contribution in [3.63, 3.8) is 0 Å². The van der Waals surface area contributed by atoms with Crippen molar-refractivity contribution in [1.29, 1.82) is 0 Å². The molecule has 3 aromatic rings.